The molecule has 0 heterocycles. The maximum absolute atomic E-state index is 2.69. The van der Waals surface area contributed by atoms with Crippen molar-refractivity contribution in [1.82, 2.24) is 4.90 Å². The first-order valence-corrected chi connectivity index (χ1v) is 13.3. The van der Waals surface area contributed by atoms with Crippen molar-refractivity contribution in [3.63, 3.8) is 0 Å². The average molecular weight is 482 g/mol. The van der Waals surface area contributed by atoms with Crippen LogP contribution in [0.2, 0.25) is 0 Å². The highest BCUT2D eigenvalue weighted by Gasteiger charge is 2.30. The van der Waals surface area contributed by atoms with Gasteiger partial charge in [0.05, 0.1) is 0 Å². The minimum absolute atomic E-state index is 0.252. The van der Waals surface area contributed by atoms with E-state index in [1.165, 1.54) is 27.8 Å². The van der Waals surface area contributed by atoms with Gasteiger partial charge >= 0.3 is 0 Å². The Morgan fingerprint density at radius 3 is 1.08 bits per heavy atom. The highest BCUT2D eigenvalue weighted by Crippen LogP contribution is 2.36. The third-order valence-corrected chi connectivity index (χ3v) is 7.12. The number of nitrogens with zero attached hydrogens (tertiary/aromatic N) is 1. The van der Waals surface area contributed by atoms with Crippen LogP contribution in [-0.4, -0.2) is 4.90 Å². The molecule has 37 heavy (non-hydrogen) atoms. The number of rotatable bonds is 11. The van der Waals surface area contributed by atoms with E-state index in [-0.39, 0.29) is 6.04 Å². The summed E-state index contributed by atoms with van der Waals surface area (Å²) in [4.78, 5) is 2.69. The minimum Gasteiger partial charge on any atom is -0.288 e. The summed E-state index contributed by atoms with van der Waals surface area (Å²) in [6.45, 7) is 1.80. The Kier molecular flexibility index (Phi) is 8.59. The van der Waals surface area contributed by atoms with Gasteiger partial charge in [0.2, 0.25) is 0 Å². The Bertz CT molecular complexity index is 1130. The van der Waals surface area contributed by atoms with Crippen molar-refractivity contribution >= 4 is 0 Å². The monoisotopic (exact) mass is 481 g/mol. The van der Waals surface area contributed by atoms with Crippen molar-refractivity contribution in [3.8, 4) is 0 Å². The summed E-state index contributed by atoms with van der Waals surface area (Å²) in [5.74, 6) is 0.402. The Morgan fingerprint density at radius 1 is 0.378 bits per heavy atom. The molecule has 1 heteroatoms. The molecule has 0 aliphatic rings. The van der Waals surface area contributed by atoms with E-state index in [4.69, 9.17) is 0 Å². The van der Waals surface area contributed by atoms with Crippen molar-refractivity contribution in [2.24, 2.45) is 5.92 Å². The molecular weight excluding hydrogens is 446 g/mol. The summed E-state index contributed by atoms with van der Waals surface area (Å²) in [7, 11) is 0. The molecule has 1 nitrogen and oxygen atoms in total. The molecule has 0 aromatic heterocycles. The minimum atomic E-state index is 0.252. The summed E-state index contributed by atoms with van der Waals surface area (Å²) >= 11 is 0. The number of hydrogen-bond donors (Lipinski definition) is 0. The molecule has 1 unspecified atom stereocenters. The summed E-state index contributed by atoms with van der Waals surface area (Å²) in [6.07, 6.45) is 2.05. The molecule has 0 fully saturated rings. The lowest BCUT2D eigenvalue weighted by atomic mass is 9.82. The molecule has 0 N–H and O–H groups in total. The van der Waals surface area contributed by atoms with E-state index in [0.717, 1.165) is 25.9 Å². The van der Waals surface area contributed by atoms with Crippen LogP contribution in [0.5, 0.6) is 0 Å². The first-order valence-electron chi connectivity index (χ1n) is 13.3. The van der Waals surface area contributed by atoms with E-state index in [2.05, 4.69) is 157 Å². The van der Waals surface area contributed by atoms with Gasteiger partial charge in [0.25, 0.3) is 0 Å². The largest absolute Gasteiger partial charge is 0.288 e. The molecule has 0 radical (unpaired) electrons. The second kappa shape index (κ2) is 12.9. The first-order chi connectivity index (χ1) is 18.3. The van der Waals surface area contributed by atoms with E-state index in [1.807, 2.05) is 0 Å². The van der Waals surface area contributed by atoms with Gasteiger partial charge in [0.15, 0.2) is 0 Å². The molecule has 0 saturated heterocycles. The third-order valence-electron chi connectivity index (χ3n) is 7.12. The van der Waals surface area contributed by atoms with Crippen LogP contribution in [0, 0.1) is 5.92 Å². The van der Waals surface area contributed by atoms with E-state index in [9.17, 15) is 0 Å². The summed E-state index contributed by atoms with van der Waals surface area (Å²) in [5, 5.41) is 0. The molecule has 0 aliphatic heterocycles. The van der Waals surface area contributed by atoms with Gasteiger partial charge in [0, 0.05) is 19.1 Å². The van der Waals surface area contributed by atoms with Crippen molar-refractivity contribution in [1.29, 1.82) is 0 Å². The Labute approximate surface area is 222 Å². The topological polar surface area (TPSA) is 3.24 Å². The lowest BCUT2D eigenvalue weighted by Crippen LogP contribution is -2.35. The molecule has 0 saturated carbocycles. The van der Waals surface area contributed by atoms with Crippen molar-refractivity contribution < 1.29 is 0 Å². The molecule has 184 valence electrons. The lowest BCUT2D eigenvalue weighted by molar-refractivity contribution is 0.122. The number of benzene rings is 5. The average Bonchev–Trinajstić information content (AvgIpc) is 2.96. The summed E-state index contributed by atoms with van der Waals surface area (Å²) < 4.78 is 0. The first kappa shape index (κ1) is 24.7. The molecule has 0 amide bonds. The van der Waals surface area contributed by atoms with Crippen molar-refractivity contribution in [2.75, 3.05) is 0 Å². The summed E-state index contributed by atoms with van der Waals surface area (Å²) in [6, 6.07) is 55.2. The van der Waals surface area contributed by atoms with Crippen LogP contribution in [0.4, 0.5) is 0 Å². The van der Waals surface area contributed by atoms with Gasteiger partial charge in [-0.25, -0.2) is 0 Å². The Morgan fingerprint density at radius 2 is 0.703 bits per heavy atom. The van der Waals surface area contributed by atoms with Crippen LogP contribution in [0.25, 0.3) is 0 Å². The predicted molar refractivity (Wildman–Crippen MR) is 155 cm³/mol. The Hall–Kier alpha value is -3.94. The summed E-state index contributed by atoms with van der Waals surface area (Å²) in [5.41, 5.74) is 6.86. The van der Waals surface area contributed by atoms with E-state index in [1.54, 1.807) is 0 Å². The second-order valence-electron chi connectivity index (χ2n) is 9.87. The fourth-order valence-corrected chi connectivity index (χ4v) is 5.45. The van der Waals surface area contributed by atoms with Gasteiger partial charge in [-0.15, -0.1) is 0 Å². The number of hydrogen-bond acceptors (Lipinski definition) is 1. The van der Waals surface area contributed by atoms with E-state index >= 15 is 0 Å². The lowest BCUT2D eigenvalue weighted by Gasteiger charge is -2.38. The predicted octanol–water partition coefficient (Wildman–Crippen LogP) is 8.53. The molecular formula is C36H35N. The molecule has 0 aliphatic carbocycles. The van der Waals surface area contributed by atoms with Gasteiger partial charge in [-0.1, -0.05) is 152 Å². The van der Waals surface area contributed by atoms with Crippen LogP contribution in [0.3, 0.4) is 0 Å². The van der Waals surface area contributed by atoms with E-state index < -0.39 is 0 Å². The maximum Gasteiger partial charge on any atom is 0.0389 e. The van der Waals surface area contributed by atoms with E-state index in [0.29, 0.717) is 5.92 Å². The van der Waals surface area contributed by atoms with Crippen LogP contribution >= 0.6 is 0 Å². The third kappa shape index (κ3) is 7.06. The normalized spacial score (nSPS) is 12.1. The van der Waals surface area contributed by atoms with Gasteiger partial charge in [-0.05, 0) is 46.6 Å². The molecule has 5 aromatic carbocycles. The van der Waals surface area contributed by atoms with Crippen LogP contribution in [0.15, 0.2) is 152 Å². The van der Waals surface area contributed by atoms with Crippen molar-refractivity contribution in [2.45, 2.75) is 32.0 Å². The van der Waals surface area contributed by atoms with Gasteiger partial charge in [-0.3, -0.25) is 4.90 Å². The Balaban J connectivity index is 1.59. The van der Waals surface area contributed by atoms with Crippen LogP contribution in [-0.2, 0) is 25.9 Å². The highest BCUT2D eigenvalue weighted by molar-refractivity contribution is 5.26. The fourth-order valence-electron chi connectivity index (χ4n) is 5.45. The van der Waals surface area contributed by atoms with Gasteiger partial charge in [-0.2, -0.15) is 0 Å². The molecule has 5 aromatic rings. The molecule has 0 bridgehead atoms. The highest BCUT2D eigenvalue weighted by atomic mass is 15.2. The fraction of sp³-hybridized carbons (Fsp3) is 0.167. The van der Waals surface area contributed by atoms with Crippen LogP contribution in [0.1, 0.15) is 33.9 Å². The van der Waals surface area contributed by atoms with Gasteiger partial charge in [0.1, 0.15) is 0 Å². The SMILES string of the molecule is c1ccc(CC(Cc2ccccc2)C(c2ccccc2)N(Cc2ccccc2)Cc2ccccc2)cc1. The smallest absolute Gasteiger partial charge is 0.0389 e. The standard InChI is InChI=1S/C36H35N/c1-6-16-30(17-7-1)26-35(27-31-18-8-2-9-19-31)36(34-24-14-5-15-25-34)37(28-32-20-10-3-11-21-32)29-33-22-12-4-13-23-33/h1-25,35-36H,26-29H2. The molecule has 1 atom stereocenters. The second-order valence-corrected chi connectivity index (χ2v) is 9.87. The zero-order chi connectivity index (χ0) is 25.1. The van der Waals surface area contributed by atoms with Gasteiger partial charge < -0.3 is 0 Å². The maximum atomic E-state index is 2.69. The zero-order valence-corrected chi connectivity index (χ0v) is 21.4. The molecule has 5 rings (SSSR count). The zero-order valence-electron chi connectivity index (χ0n) is 21.4. The van der Waals surface area contributed by atoms with Crippen LogP contribution < -0.4 is 0 Å². The quantitative estimate of drug-likeness (QED) is 0.183. The van der Waals surface area contributed by atoms with Crippen molar-refractivity contribution in [3.05, 3.63) is 179 Å². The molecule has 0 spiro atoms.